The van der Waals surface area contributed by atoms with Crippen molar-refractivity contribution in [1.82, 2.24) is 14.9 Å². The molecule has 1 atom stereocenters. The zero-order valence-corrected chi connectivity index (χ0v) is 11.8. The Hall–Kier alpha value is -2.60. The van der Waals surface area contributed by atoms with Crippen molar-refractivity contribution in [3.63, 3.8) is 0 Å². The summed E-state index contributed by atoms with van der Waals surface area (Å²) in [6.07, 6.45) is 6.00. The zero-order valence-electron chi connectivity index (χ0n) is 11.8. The zero-order chi connectivity index (χ0) is 14.8. The molecular formula is C15H16N4O2. The van der Waals surface area contributed by atoms with Crippen molar-refractivity contribution in [2.75, 3.05) is 19.5 Å². The van der Waals surface area contributed by atoms with E-state index in [9.17, 15) is 4.79 Å². The van der Waals surface area contributed by atoms with Gasteiger partial charge in [0, 0.05) is 18.0 Å². The lowest BCUT2D eigenvalue weighted by Gasteiger charge is -2.18. The summed E-state index contributed by atoms with van der Waals surface area (Å²) in [7, 11) is 3.25. The van der Waals surface area contributed by atoms with Gasteiger partial charge < -0.3 is 10.1 Å². The van der Waals surface area contributed by atoms with Crippen molar-refractivity contribution in [2.45, 2.75) is 6.17 Å². The molecule has 1 unspecified atom stereocenters. The number of carbonyl (C=O) groups is 1. The molecule has 2 heterocycles. The van der Waals surface area contributed by atoms with Gasteiger partial charge in [-0.25, -0.2) is 9.78 Å². The highest BCUT2D eigenvalue weighted by atomic mass is 16.5. The van der Waals surface area contributed by atoms with Crippen molar-refractivity contribution >= 4 is 18.1 Å². The van der Waals surface area contributed by atoms with E-state index in [2.05, 4.69) is 20.4 Å². The lowest BCUT2D eigenvalue weighted by Crippen LogP contribution is -2.34. The Morgan fingerprint density at radius 1 is 1.38 bits per heavy atom. The summed E-state index contributed by atoms with van der Waals surface area (Å²) in [6, 6.07) is 7.19. The Morgan fingerprint density at radius 2 is 2.14 bits per heavy atom. The molecule has 0 saturated heterocycles. The third kappa shape index (κ3) is 2.53. The molecule has 6 heteroatoms. The van der Waals surface area contributed by atoms with Crippen LogP contribution in [-0.2, 0) is 4.74 Å². The van der Waals surface area contributed by atoms with Gasteiger partial charge in [0.1, 0.15) is 6.17 Å². The third-order valence-corrected chi connectivity index (χ3v) is 3.37. The van der Waals surface area contributed by atoms with Crippen LogP contribution in [0, 0.1) is 0 Å². The number of methoxy groups -OCH3 is 1. The predicted octanol–water partition coefficient (Wildman–Crippen LogP) is 1.78. The summed E-state index contributed by atoms with van der Waals surface area (Å²) in [5.74, 6) is 0.441. The standard InChI is InChI=1S/C15H16N4O2/c1-16-13-7-8-19-9-12(17-15(19)18-13)10-3-5-11(6-4-10)14(20)21-2/h3-9,13,16H,1-2H3,(H,17,18). The fourth-order valence-electron chi connectivity index (χ4n) is 2.18. The fourth-order valence-corrected chi connectivity index (χ4v) is 2.18. The first-order chi connectivity index (χ1) is 10.2. The van der Waals surface area contributed by atoms with Crippen molar-refractivity contribution < 1.29 is 9.53 Å². The van der Waals surface area contributed by atoms with E-state index in [4.69, 9.17) is 0 Å². The SMILES string of the molecule is CNC1C=Cn2cc(-c3ccc(C(=O)OC)cc3)nc2N1. The van der Waals surface area contributed by atoms with Gasteiger partial charge in [-0.3, -0.25) is 9.88 Å². The molecule has 0 spiro atoms. The number of aromatic nitrogens is 2. The number of carbonyl (C=O) groups excluding carboxylic acids is 1. The Balaban J connectivity index is 1.87. The molecule has 0 amide bonds. The molecule has 0 fully saturated rings. The van der Waals surface area contributed by atoms with Gasteiger partial charge >= 0.3 is 5.97 Å². The molecule has 2 N–H and O–H groups in total. The number of likely N-dealkylation sites (N-methyl/N-ethyl adjacent to an activating group) is 1. The van der Waals surface area contributed by atoms with E-state index in [0.29, 0.717) is 5.56 Å². The van der Waals surface area contributed by atoms with Crippen LogP contribution < -0.4 is 10.6 Å². The second kappa shape index (κ2) is 5.41. The lowest BCUT2D eigenvalue weighted by atomic mass is 10.1. The molecule has 21 heavy (non-hydrogen) atoms. The van der Waals surface area contributed by atoms with Gasteiger partial charge in [0.2, 0.25) is 5.95 Å². The number of benzene rings is 1. The van der Waals surface area contributed by atoms with E-state index in [0.717, 1.165) is 17.2 Å². The minimum atomic E-state index is -0.341. The van der Waals surface area contributed by atoms with Crippen molar-refractivity contribution in [1.29, 1.82) is 0 Å². The van der Waals surface area contributed by atoms with Crippen LogP contribution in [0.1, 0.15) is 10.4 Å². The quantitative estimate of drug-likeness (QED) is 0.841. The fraction of sp³-hybridized carbons (Fsp3) is 0.200. The van der Waals surface area contributed by atoms with E-state index in [1.54, 1.807) is 12.1 Å². The molecular weight excluding hydrogens is 268 g/mol. The number of nitrogens with zero attached hydrogens (tertiary/aromatic N) is 2. The first kappa shape index (κ1) is 13.4. The van der Waals surface area contributed by atoms with Crippen LogP contribution in [-0.4, -0.2) is 35.8 Å². The Bertz CT molecular complexity index is 688. The van der Waals surface area contributed by atoms with Gasteiger partial charge in [0.25, 0.3) is 0 Å². The summed E-state index contributed by atoms with van der Waals surface area (Å²) < 4.78 is 6.62. The van der Waals surface area contributed by atoms with E-state index in [1.807, 2.05) is 42.2 Å². The largest absolute Gasteiger partial charge is 0.465 e. The summed E-state index contributed by atoms with van der Waals surface area (Å²) in [5.41, 5.74) is 2.31. The number of ether oxygens (including phenoxy) is 1. The second-order valence-electron chi connectivity index (χ2n) is 4.68. The highest BCUT2D eigenvalue weighted by Crippen LogP contribution is 2.24. The van der Waals surface area contributed by atoms with Gasteiger partial charge in [-0.2, -0.15) is 0 Å². The summed E-state index contributed by atoms with van der Waals surface area (Å²) in [5, 5.41) is 6.37. The van der Waals surface area contributed by atoms with E-state index >= 15 is 0 Å². The first-order valence-electron chi connectivity index (χ1n) is 6.61. The summed E-state index contributed by atoms with van der Waals surface area (Å²) in [4.78, 5) is 16.0. The second-order valence-corrected chi connectivity index (χ2v) is 4.68. The number of imidazole rings is 1. The third-order valence-electron chi connectivity index (χ3n) is 3.37. The topological polar surface area (TPSA) is 68.2 Å². The molecule has 6 nitrogen and oxygen atoms in total. The smallest absolute Gasteiger partial charge is 0.337 e. The Kier molecular flexibility index (Phi) is 3.45. The number of rotatable bonds is 3. The molecule has 0 radical (unpaired) electrons. The summed E-state index contributed by atoms with van der Waals surface area (Å²) >= 11 is 0. The van der Waals surface area contributed by atoms with Gasteiger partial charge in [-0.05, 0) is 25.3 Å². The number of hydrogen-bond donors (Lipinski definition) is 2. The molecule has 1 aliphatic heterocycles. The molecule has 1 aromatic carbocycles. The highest BCUT2D eigenvalue weighted by molar-refractivity contribution is 5.89. The van der Waals surface area contributed by atoms with Crippen LogP contribution >= 0.6 is 0 Å². The average molecular weight is 284 g/mol. The van der Waals surface area contributed by atoms with Gasteiger partial charge in [-0.1, -0.05) is 12.1 Å². The molecule has 1 aromatic heterocycles. The highest BCUT2D eigenvalue weighted by Gasteiger charge is 2.15. The maximum atomic E-state index is 11.4. The van der Waals surface area contributed by atoms with Crippen molar-refractivity contribution in [3.8, 4) is 11.3 Å². The molecule has 2 aromatic rings. The van der Waals surface area contributed by atoms with Crippen molar-refractivity contribution in [3.05, 3.63) is 42.1 Å². The molecule has 1 aliphatic rings. The molecule has 0 bridgehead atoms. The number of fused-ring (bicyclic) bond motifs is 1. The van der Waals surface area contributed by atoms with Gasteiger partial charge in [0.05, 0.1) is 18.4 Å². The minimum absolute atomic E-state index is 0.0782. The molecule has 0 saturated carbocycles. The minimum Gasteiger partial charge on any atom is -0.465 e. The Morgan fingerprint density at radius 3 is 2.81 bits per heavy atom. The van der Waals surface area contributed by atoms with E-state index < -0.39 is 0 Å². The maximum absolute atomic E-state index is 11.4. The van der Waals surface area contributed by atoms with E-state index in [1.165, 1.54) is 7.11 Å². The Labute approximate surface area is 122 Å². The maximum Gasteiger partial charge on any atom is 0.337 e. The van der Waals surface area contributed by atoms with Crippen LogP contribution in [0.2, 0.25) is 0 Å². The number of esters is 1. The monoisotopic (exact) mass is 284 g/mol. The van der Waals surface area contributed by atoms with Crippen LogP contribution in [0.3, 0.4) is 0 Å². The van der Waals surface area contributed by atoms with Crippen molar-refractivity contribution in [2.24, 2.45) is 0 Å². The molecule has 0 aliphatic carbocycles. The van der Waals surface area contributed by atoms with Crippen LogP contribution in [0.15, 0.2) is 36.5 Å². The lowest BCUT2D eigenvalue weighted by molar-refractivity contribution is 0.0601. The normalized spacial score (nSPS) is 16.2. The van der Waals surface area contributed by atoms with Gasteiger partial charge in [-0.15, -0.1) is 0 Å². The number of anilines is 1. The van der Waals surface area contributed by atoms with E-state index in [-0.39, 0.29) is 12.1 Å². The van der Waals surface area contributed by atoms with Gasteiger partial charge in [0.15, 0.2) is 0 Å². The molecule has 3 rings (SSSR count). The van der Waals surface area contributed by atoms with Crippen LogP contribution in [0.25, 0.3) is 17.5 Å². The molecule has 108 valence electrons. The van der Waals surface area contributed by atoms with Crippen LogP contribution in [0.5, 0.6) is 0 Å². The average Bonchev–Trinajstić information content (AvgIpc) is 2.97. The van der Waals surface area contributed by atoms with Crippen LogP contribution in [0.4, 0.5) is 5.95 Å². The first-order valence-corrected chi connectivity index (χ1v) is 6.61. The summed E-state index contributed by atoms with van der Waals surface area (Å²) in [6.45, 7) is 0. The number of hydrogen-bond acceptors (Lipinski definition) is 5. The number of nitrogens with one attached hydrogen (secondary N) is 2. The predicted molar refractivity (Wildman–Crippen MR) is 80.8 cm³/mol.